The number of fused-ring (bicyclic) bond motifs is 3. The summed E-state index contributed by atoms with van der Waals surface area (Å²) in [6, 6.07) is 12.3. The Kier molecular flexibility index (Phi) is 1.98. The standard InChI is InChI=1S/C14H13NO/c1-9-6-10(8-16)7-12-11-4-2-3-5-13(11)15-14(9)12/h2-7,15-16H,8H2,1H3. The molecular weight excluding hydrogens is 198 g/mol. The van der Waals surface area contributed by atoms with Crippen LogP contribution in [0.5, 0.6) is 0 Å². The van der Waals surface area contributed by atoms with E-state index in [0.29, 0.717) is 0 Å². The molecule has 0 amide bonds. The van der Waals surface area contributed by atoms with E-state index in [0.717, 1.165) is 11.1 Å². The van der Waals surface area contributed by atoms with Crippen molar-refractivity contribution < 1.29 is 5.11 Å². The molecule has 0 saturated heterocycles. The molecular formula is C14H13NO. The Morgan fingerprint density at radius 3 is 2.75 bits per heavy atom. The second-order valence-corrected chi connectivity index (χ2v) is 4.16. The van der Waals surface area contributed by atoms with E-state index in [1.54, 1.807) is 0 Å². The zero-order chi connectivity index (χ0) is 11.1. The summed E-state index contributed by atoms with van der Waals surface area (Å²) in [6.45, 7) is 2.16. The summed E-state index contributed by atoms with van der Waals surface area (Å²) in [5.41, 5.74) is 4.46. The molecule has 0 spiro atoms. The van der Waals surface area contributed by atoms with E-state index in [1.165, 1.54) is 21.9 Å². The second kappa shape index (κ2) is 3.35. The Balaban J connectivity index is 2.51. The van der Waals surface area contributed by atoms with Gasteiger partial charge in [0.25, 0.3) is 0 Å². The van der Waals surface area contributed by atoms with Crippen LogP contribution in [-0.4, -0.2) is 10.1 Å². The van der Waals surface area contributed by atoms with Gasteiger partial charge in [-0.1, -0.05) is 24.3 Å². The first-order valence-electron chi connectivity index (χ1n) is 5.40. The van der Waals surface area contributed by atoms with E-state index in [4.69, 9.17) is 0 Å². The third-order valence-electron chi connectivity index (χ3n) is 3.05. The molecule has 1 heterocycles. The molecule has 2 nitrogen and oxygen atoms in total. The number of aryl methyl sites for hydroxylation is 1. The number of aliphatic hydroxyl groups excluding tert-OH is 1. The van der Waals surface area contributed by atoms with Crippen molar-refractivity contribution in [2.75, 3.05) is 0 Å². The fourth-order valence-electron chi connectivity index (χ4n) is 2.29. The van der Waals surface area contributed by atoms with E-state index in [1.807, 2.05) is 18.2 Å². The number of rotatable bonds is 1. The topological polar surface area (TPSA) is 36.0 Å². The lowest BCUT2D eigenvalue weighted by Gasteiger charge is -2.00. The van der Waals surface area contributed by atoms with Crippen molar-refractivity contribution in [3.05, 3.63) is 47.5 Å². The van der Waals surface area contributed by atoms with Crippen molar-refractivity contribution in [1.29, 1.82) is 0 Å². The smallest absolute Gasteiger partial charge is 0.0682 e. The van der Waals surface area contributed by atoms with Crippen LogP contribution in [0.15, 0.2) is 36.4 Å². The predicted molar refractivity (Wildman–Crippen MR) is 66.5 cm³/mol. The Bertz CT molecular complexity index is 667. The lowest BCUT2D eigenvalue weighted by atomic mass is 10.1. The summed E-state index contributed by atoms with van der Waals surface area (Å²) in [7, 11) is 0. The number of hydrogen-bond donors (Lipinski definition) is 2. The maximum atomic E-state index is 9.22. The predicted octanol–water partition coefficient (Wildman–Crippen LogP) is 3.12. The SMILES string of the molecule is Cc1cc(CO)cc2c1[nH]c1ccccc12. The van der Waals surface area contributed by atoms with E-state index in [2.05, 4.69) is 30.1 Å². The van der Waals surface area contributed by atoms with Gasteiger partial charge in [0, 0.05) is 21.8 Å². The average Bonchev–Trinajstić information content (AvgIpc) is 2.68. The average molecular weight is 211 g/mol. The zero-order valence-electron chi connectivity index (χ0n) is 9.12. The van der Waals surface area contributed by atoms with Gasteiger partial charge in [-0.25, -0.2) is 0 Å². The van der Waals surface area contributed by atoms with Crippen LogP contribution >= 0.6 is 0 Å². The maximum Gasteiger partial charge on any atom is 0.0682 e. The van der Waals surface area contributed by atoms with Gasteiger partial charge in [0.05, 0.1) is 6.61 Å². The highest BCUT2D eigenvalue weighted by molar-refractivity contribution is 6.08. The van der Waals surface area contributed by atoms with Crippen LogP contribution in [-0.2, 0) is 6.61 Å². The number of hydrogen-bond acceptors (Lipinski definition) is 1. The van der Waals surface area contributed by atoms with E-state index in [9.17, 15) is 5.11 Å². The molecule has 0 radical (unpaired) electrons. The van der Waals surface area contributed by atoms with Crippen LogP contribution < -0.4 is 0 Å². The van der Waals surface area contributed by atoms with Crippen LogP contribution in [0.3, 0.4) is 0 Å². The Morgan fingerprint density at radius 1 is 1.12 bits per heavy atom. The number of aromatic amines is 1. The van der Waals surface area contributed by atoms with Crippen LogP contribution in [0.2, 0.25) is 0 Å². The summed E-state index contributed by atoms with van der Waals surface area (Å²) in [5, 5.41) is 11.6. The highest BCUT2D eigenvalue weighted by atomic mass is 16.3. The van der Waals surface area contributed by atoms with Crippen LogP contribution in [0.4, 0.5) is 0 Å². The summed E-state index contributed by atoms with van der Waals surface area (Å²) < 4.78 is 0. The molecule has 0 unspecified atom stereocenters. The first-order chi connectivity index (χ1) is 7.79. The number of nitrogens with one attached hydrogen (secondary N) is 1. The van der Waals surface area contributed by atoms with Crippen LogP contribution in [0, 0.1) is 6.92 Å². The summed E-state index contributed by atoms with van der Waals surface area (Å²) >= 11 is 0. The molecule has 0 fully saturated rings. The van der Waals surface area contributed by atoms with Gasteiger partial charge >= 0.3 is 0 Å². The number of para-hydroxylation sites is 1. The lowest BCUT2D eigenvalue weighted by Crippen LogP contribution is -1.85. The second-order valence-electron chi connectivity index (χ2n) is 4.16. The van der Waals surface area contributed by atoms with Crippen molar-refractivity contribution in [3.8, 4) is 0 Å². The molecule has 0 aliphatic carbocycles. The van der Waals surface area contributed by atoms with Gasteiger partial charge in [0.2, 0.25) is 0 Å². The molecule has 80 valence electrons. The minimum atomic E-state index is 0.0935. The maximum absolute atomic E-state index is 9.22. The van der Waals surface area contributed by atoms with Gasteiger partial charge in [0.1, 0.15) is 0 Å². The van der Waals surface area contributed by atoms with Crippen LogP contribution in [0.25, 0.3) is 21.8 Å². The third-order valence-corrected chi connectivity index (χ3v) is 3.05. The molecule has 1 aromatic heterocycles. The van der Waals surface area contributed by atoms with Gasteiger partial charge < -0.3 is 10.1 Å². The molecule has 0 atom stereocenters. The first kappa shape index (κ1) is 9.43. The number of H-pyrrole nitrogens is 1. The van der Waals surface area contributed by atoms with Crippen molar-refractivity contribution in [1.82, 2.24) is 4.98 Å². The zero-order valence-corrected chi connectivity index (χ0v) is 9.12. The van der Waals surface area contributed by atoms with Gasteiger partial charge in [-0.15, -0.1) is 0 Å². The van der Waals surface area contributed by atoms with E-state index in [-0.39, 0.29) is 6.61 Å². The lowest BCUT2D eigenvalue weighted by molar-refractivity contribution is 0.282. The molecule has 2 aromatic carbocycles. The summed E-state index contributed by atoms with van der Waals surface area (Å²) in [5.74, 6) is 0. The number of aliphatic hydroxyl groups is 1. The molecule has 3 rings (SSSR count). The minimum Gasteiger partial charge on any atom is -0.392 e. The van der Waals surface area contributed by atoms with Crippen molar-refractivity contribution in [2.24, 2.45) is 0 Å². The normalized spacial score (nSPS) is 11.4. The van der Waals surface area contributed by atoms with Crippen LogP contribution in [0.1, 0.15) is 11.1 Å². The monoisotopic (exact) mass is 211 g/mol. The Morgan fingerprint density at radius 2 is 1.94 bits per heavy atom. The Labute approximate surface area is 93.5 Å². The van der Waals surface area contributed by atoms with Crippen molar-refractivity contribution >= 4 is 21.8 Å². The van der Waals surface area contributed by atoms with Crippen molar-refractivity contribution in [2.45, 2.75) is 13.5 Å². The molecule has 0 bridgehead atoms. The first-order valence-corrected chi connectivity index (χ1v) is 5.40. The van der Waals surface area contributed by atoms with Gasteiger partial charge in [-0.05, 0) is 30.2 Å². The summed E-state index contributed by atoms with van der Waals surface area (Å²) in [4.78, 5) is 3.42. The molecule has 2 heteroatoms. The largest absolute Gasteiger partial charge is 0.392 e. The fraction of sp³-hybridized carbons (Fsp3) is 0.143. The minimum absolute atomic E-state index is 0.0935. The van der Waals surface area contributed by atoms with Gasteiger partial charge in [-0.3, -0.25) is 0 Å². The molecule has 0 aliphatic heterocycles. The molecule has 2 N–H and O–H groups in total. The highest BCUT2D eigenvalue weighted by Crippen LogP contribution is 2.28. The van der Waals surface area contributed by atoms with E-state index >= 15 is 0 Å². The number of benzene rings is 2. The Hall–Kier alpha value is -1.80. The summed E-state index contributed by atoms with van der Waals surface area (Å²) in [6.07, 6.45) is 0. The fourth-order valence-corrected chi connectivity index (χ4v) is 2.29. The molecule has 0 saturated carbocycles. The molecule has 0 aliphatic rings. The molecule has 3 aromatic rings. The van der Waals surface area contributed by atoms with Gasteiger partial charge in [0.15, 0.2) is 0 Å². The number of aromatic nitrogens is 1. The highest BCUT2D eigenvalue weighted by Gasteiger charge is 2.06. The third kappa shape index (κ3) is 1.24. The van der Waals surface area contributed by atoms with Gasteiger partial charge in [-0.2, -0.15) is 0 Å². The molecule has 16 heavy (non-hydrogen) atoms. The quantitative estimate of drug-likeness (QED) is 0.637. The van der Waals surface area contributed by atoms with Crippen molar-refractivity contribution in [3.63, 3.8) is 0 Å². The van der Waals surface area contributed by atoms with E-state index < -0.39 is 0 Å².